The van der Waals surface area contributed by atoms with Crippen LogP contribution in [0, 0.1) is 6.92 Å². The average molecular weight is 623 g/mol. The fraction of sp³-hybridized carbons (Fsp3) is 0.294. The van der Waals surface area contributed by atoms with Gasteiger partial charge >= 0.3 is 0 Å². The van der Waals surface area contributed by atoms with E-state index in [9.17, 15) is 4.79 Å². The summed E-state index contributed by atoms with van der Waals surface area (Å²) < 4.78 is 19.8. The molecule has 0 spiro atoms. The van der Waals surface area contributed by atoms with Crippen LogP contribution in [-0.2, 0) is 6.61 Å². The average Bonchev–Trinajstić information content (AvgIpc) is 3.77. The predicted octanol–water partition coefficient (Wildman–Crippen LogP) is 6.33. The quantitative estimate of drug-likeness (QED) is 0.185. The van der Waals surface area contributed by atoms with Crippen molar-refractivity contribution in [2.75, 3.05) is 39.8 Å². The summed E-state index contributed by atoms with van der Waals surface area (Å²) in [6.45, 7) is 8.92. The molecule has 1 aliphatic rings. The van der Waals surface area contributed by atoms with Gasteiger partial charge in [-0.05, 0) is 50.2 Å². The lowest BCUT2D eigenvalue weighted by atomic mass is 10.1. The Morgan fingerprint density at radius 1 is 1.00 bits per heavy atom. The van der Waals surface area contributed by atoms with Gasteiger partial charge in [0.2, 0.25) is 4.96 Å². The van der Waals surface area contributed by atoms with Gasteiger partial charge in [-0.3, -0.25) is 14.7 Å². The second-order valence-electron chi connectivity index (χ2n) is 11.2. The van der Waals surface area contributed by atoms with Crippen LogP contribution in [0.2, 0.25) is 0 Å². The van der Waals surface area contributed by atoms with Gasteiger partial charge in [0.05, 0.1) is 19.0 Å². The van der Waals surface area contributed by atoms with Crippen LogP contribution >= 0.6 is 11.3 Å². The minimum atomic E-state index is 0.0780. The largest absolute Gasteiger partial charge is 0.497 e. The molecule has 4 aromatic heterocycles. The van der Waals surface area contributed by atoms with E-state index in [-0.39, 0.29) is 5.91 Å². The van der Waals surface area contributed by atoms with Crippen LogP contribution in [0.25, 0.3) is 38.6 Å². The maximum Gasteiger partial charge on any atom is 0.253 e. The van der Waals surface area contributed by atoms with Gasteiger partial charge in [0.1, 0.15) is 34.4 Å². The molecule has 1 amide bonds. The summed E-state index contributed by atoms with van der Waals surface area (Å²) >= 11 is 1.53. The maximum atomic E-state index is 13.1. The van der Waals surface area contributed by atoms with Crippen molar-refractivity contribution in [3.05, 3.63) is 83.1 Å². The van der Waals surface area contributed by atoms with Crippen molar-refractivity contribution in [3.63, 3.8) is 0 Å². The van der Waals surface area contributed by atoms with Crippen molar-refractivity contribution in [3.8, 4) is 34.2 Å². The third-order valence-electron chi connectivity index (χ3n) is 8.08. The van der Waals surface area contributed by atoms with E-state index >= 15 is 0 Å². The Morgan fingerprint density at radius 3 is 2.58 bits per heavy atom. The zero-order chi connectivity index (χ0) is 30.9. The van der Waals surface area contributed by atoms with E-state index in [2.05, 4.69) is 26.9 Å². The highest BCUT2D eigenvalue weighted by molar-refractivity contribution is 7.16. The molecule has 230 valence electrons. The molecule has 0 atom stereocenters. The number of furan rings is 1. The number of carbonyl (C=O) groups excluding carboxylic acids is 1. The minimum absolute atomic E-state index is 0.0780. The van der Waals surface area contributed by atoms with Crippen molar-refractivity contribution in [1.82, 2.24) is 29.4 Å². The van der Waals surface area contributed by atoms with Crippen molar-refractivity contribution >= 4 is 33.2 Å². The van der Waals surface area contributed by atoms with E-state index < -0.39 is 0 Å². The number of aryl methyl sites for hydroxylation is 1. The molecule has 1 saturated heterocycles. The van der Waals surface area contributed by atoms with Gasteiger partial charge in [-0.1, -0.05) is 30.4 Å². The van der Waals surface area contributed by atoms with E-state index in [1.54, 1.807) is 17.8 Å². The molecule has 11 heteroatoms. The lowest BCUT2D eigenvalue weighted by molar-refractivity contribution is 0.0637. The van der Waals surface area contributed by atoms with Gasteiger partial charge in [0, 0.05) is 66.6 Å². The molecule has 1 fully saturated rings. The molecule has 6 aromatic rings. The normalized spacial score (nSPS) is 14.0. The van der Waals surface area contributed by atoms with E-state index in [0.29, 0.717) is 35.0 Å². The standard InChI is InChI=1S/C34H34N6O4S/c1-4-11-38-12-14-39(15-13-38)33(41)24-7-5-23(6-8-24)29-17-26(9-10-35-29)43-21-25-16-27(42-3)18-31-28(25)19-32(44-31)30-20-40-34(36-30)45-22(2)37-40/h5-10,16-20H,4,11-15,21H2,1-3H3. The second kappa shape index (κ2) is 12.3. The molecule has 0 radical (unpaired) electrons. The number of imidazole rings is 1. The number of piperazine rings is 1. The first-order valence-electron chi connectivity index (χ1n) is 15.1. The fourth-order valence-corrected chi connectivity index (χ4v) is 6.47. The number of fused-ring (bicyclic) bond motifs is 2. The zero-order valence-electron chi connectivity index (χ0n) is 25.5. The molecule has 0 N–H and O–H groups in total. The van der Waals surface area contributed by atoms with Crippen LogP contribution in [0.3, 0.4) is 0 Å². The number of amides is 1. The molecule has 7 rings (SSSR count). The van der Waals surface area contributed by atoms with Gasteiger partial charge in [0.25, 0.3) is 5.91 Å². The molecule has 0 saturated carbocycles. The van der Waals surface area contributed by atoms with Gasteiger partial charge < -0.3 is 18.8 Å². The van der Waals surface area contributed by atoms with Crippen molar-refractivity contribution in [2.45, 2.75) is 26.9 Å². The summed E-state index contributed by atoms with van der Waals surface area (Å²) in [6, 6.07) is 17.2. The highest BCUT2D eigenvalue weighted by Gasteiger charge is 2.22. The van der Waals surface area contributed by atoms with Gasteiger partial charge in [0.15, 0.2) is 5.76 Å². The van der Waals surface area contributed by atoms with Crippen LogP contribution in [-0.4, -0.2) is 75.1 Å². The number of methoxy groups -OCH3 is 1. The van der Waals surface area contributed by atoms with E-state index in [4.69, 9.17) is 13.9 Å². The highest BCUT2D eigenvalue weighted by atomic mass is 32.1. The number of hydrogen-bond acceptors (Lipinski definition) is 9. The minimum Gasteiger partial charge on any atom is -0.497 e. The lowest BCUT2D eigenvalue weighted by Crippen LogP contribution is -2.48. The number of aromatic nitrogens is 4. The summed E-state index contributed by atoms with van der Waals surface area (Å²) in [6.07, 6.45) is 4.74. The van der Waals surface area contributed by atoms with Gasteiger partial charge in [-0.2, -0.15) is 5.10 Å². The third-order valence-corrected chi connectivity index (χ3v) is 8.92. The summed E-state index contributed by atoms with van der Waals surface area (Å²) in [5.74, 6) is 2.09. The Kier molecular flexibility index (Phi) is 7.95. The number of carbonyl (C=O) groups is 1. The SMILES string of the molecule is CCCN1CCN(C(=O)c2ccc(-c3cc(OCc4cc(OC)cc5oc(-c6cn7nc(C)sc7n6)cc45)ccn3)cc2)CC1. The van der Waals surface area contributed by atoms with Crippen LogP contribution < -0.4 is 9.47 Å². The Morgan fingerprint density at radius 2 is 1.82 bits per heavy atom. The highest BCUT2D eigenvalue weighted by Crippen LogP contribution is 2.34. The van der Waals surface area contributed by atoms with Gasteiger partial charge in [-0.15, -0.1) is 0 Å². The molecule has 45 heavy (non-hydrogen) atoms. The number of ether oxygens (including phenoxy) is 2. The molecule has 1 aliphatic heterocycles. The third kappa shape index (κ3) is 6.01. The summed E-state index contributed by atoms with van der Waals surface area (Å²) in [7, 11) is 1.63. The van der Waals surface area contributed by atoms with E-state index in [1.807, 2.05) is 72.6 Å². The van der Waals surface area contributed by atoms with Crippen molar-refractivity contribution < 1.29 is 18.7 Å². The molecule has 5 heterocycles. The lowest BCUT2D eigenvalue weighted by Gasteiger charge is -2.34. The first kappa shape index (κ1) is 29.0. The number of nitrogens with zero attached hydrogens (tertiary/aromatic N) is 6. The number of pyridine rings is 1. The molecule has 10 nitrogen and oxygen atoms in total. The van der Waals surface area contributed by atoms with Gasteiger partial charge in [-0.25, -0.2) is 9.50 Å². The first-order valence-corrected chi connectivity index (χ1v) is 15.9. The predicted molar refractivity (Wildman–Crippen MR) is 174 cm³/mol. The smallest absolute Gasteiger partial charge is 0.253 e. The molecule has 0 unspecified atom stereocenters. The molecule has 0 bridgehead atoms. The fourth-order valence-electron chi connectivity index (χ4n) is 5.74. The van der Waals surface area contributed by atoms with Crippen molar-refractivity contribution in [2.24, 2.45) is 0 Å². The Labute approximate surface area is 264 Å². The first-order chi connectivity index (χ1) is 22.0. The van der Waals surface area contributed by atoms with E-state index in [1.165, 1.54) is 11.3 Å². The molecular formula is C34H34N6O4S. The number of rotatable bonds is 9. The van der Waals surface area contributed by atoms with Crippen LogP contribution in [0.4, 0.5) is 0 Å². The van der Waals surface area contributed by atoms with E-state index in [0.717, 1.165) is 77.0 Å². The monoisotopic (exact) mass is 622 g/mol. The Balaban J connectivity index is 1.06. The van der Waals surface area contributed by atoms with Crippen LogP contribution in [0.15, 0.2) is 71.4 Å². The Hall–Kier alpha value is -4.74. The maximum absolute atomic E-state index is 13.1. The molecular weight excluding hydrogens is 588 g/mol. The summed E-state index contributed by atoms with van der Waals surface area (Å²) in [5, 5.41) is 6.33. The topological polar surface area (TPSA) is 98.2 Å². The Bertz CT molecular complexity index is 1940. The second-order valence-corrected chi connectivity index (χ2v) is 12.3. The van der Waals surface area contributed by atoms with Crippen molar-refractivity contribution in [1.29, 1.82) is 0 Å². The summed E-state index contributed by atoms with van der Waals surface area (Å²) in [4.78, 5) is 27.5. The zero-order valence-corrected chi connectivity index (χ0v) is 26.3. The molecule has 2 aromatic carbocycles. The number of hydrogen-bond donors (Lipinski definition) is 0. The van der Waals surface area contributed by atoms with Crippen LogP contribution in [0.1, 0.15) is 34.3 Å². The summed E-state index contributed by atoms with van der Waals surface area (Å²) in [5.41, 5.74) is 4.71. The number of benzene rings is 2. The molecule has 0 aliphatic carbocycles. The van der Waals surface area contributed by atoms with Crippen LogP contribution in [0.5, 0.6) is 11.5 Å².